The number of methoxy groups -OCH3 is 1. The van der Waals surface area contributed by atoms with Gasteiger partial charge in [0.05, 0.1) is 12.7 Å². The van der Waals surface area contributed by atoms with E-state index in [2.05, 4.69) is 0 Å². The highest BCUT2D eigenvalue weighted by atomic mass is 16.6. The predicted octanol–water partition coefficient (Wildman–Crippen LogP) is 4.76. The molecule has 0 radical (unpaired) electrons. The summed E-state index contributed by atoms with van der Waals surface area (Å²) < 4.78 is 17.2. The maximum absolute atomic E-state index is 13.2. The van der Waals surface area contributed by atoms with Crippen LogP contribution >= 0.6 is 0 Å². The van der Waals surface area contributed by atoms with Crippen molar-refractivity contribution in [3.63, 3.8) is 0 Å². The Morgan fingerprint density at radius 2 is 1.75 bits per heavy atom. The van der Waals surface area contributed by atoms with E-state index in [-0.39, 0.29) is 39.5 Å². The Labute approximate surface area is 184 Å². The van der Waals surface area contributed by atoms with Crippen LogP contribution in [-0.4, -0.2) is 35.5 Å². The van der Waals surface area contributed by atoms with E-state index < -0.39 is 17.7 Å². The molecule has 0 spiro atoms. The van der Waals surface area contributed by atoms with Crippen LogP contribution in [0.15, 0.2) is 24.3 Å². The lowest BCUT2D eigenvalue weighted by atomic mass is 9.96. The number of carboxylic acids is 1. The third-order valence-electron chi connectivity index (χ3n) is 5.30. The second kappa shape index (κ2) is 8.58. The van der Waals surface area contributed by atoms with Gasteiger partial charge in [-0.25, -0.2) is 9.59 Å². The molecule has 8 nitrogen and oxygen atoms in total. The second-order valence-electron chi connectivity index (χ2n) is 7.22. The lowest BCUT2D eigenvalue weighted by Crippen LogP contribution is -2.12. The van der Waals surface area contributed by atoms with E-state index in [1.54, 1.807) is 13.0 Å². The molecule has 1 heterocycles. The molecule has 1 aliphatic heterocycles. The fourth-order valence-corrected chi connectivity index (χ4v) is 3.50. The van der Waals surface area contributed by atoms with Crippen LogP contribution in [0.4, 0.5) is 0 Å². The first kappa shape index (κ1) is 22.6. The number of aldehydes is 1. The third-order valence-corrected chi connectivity index (χ3v) is 5.30. The number of hydrogen-bond acceptors (Lipinski definition) is 7. The second-order valence-corrected chi connectivity index (χ2v) is 7.22. The number of hydrogen-bond donors (Lipinski definition) is 2. The maximum atomic E-state index is 13.2. The van der Waals surface area contributed by atoms with Gasteiger partial charge in [-0.05, 0) is 56.5 Å². The van der Waals surface area contributed by atoms with Crippen LogP contribution in [0, 0.1) is 6.92 Å². The summed E-state index contributed by atoms with van der Waals surface area (Å²) in [6.45, 7) is 6.80. The van der Waals surface area contributed by atoms with Crippen LogP contribution in [-0.2, 0) is 4.79 Å². The Bertz CT molecular complexity index is 1220. The average molecular weight is 438 g/mol. The van der Waals surface area contributed by atoms with Gasteiger partial charge >= 0.3 is 11.9 Å². The number of benzene rings is 2. The van der Waals surface area contributed by atoms with Crippen molar-refractivity contribution < 1.29 is 38.8 Å². The van der Waals surface area contributed by atoms with Gasteiger partial charge in [-0.15, -0.1) is 0 Å². The van der Waals surface area contributed by atoms with E-state index in [4.69, 9.17) is 19.3 Å². The van der Waals surface area contributed by atoms with Gasteiger partial charge in [0.2, 0.25) is 0 Å². The molecule has 0 atom stereocenters. The van der Waals surface area contributed by atoms with Gasteiger partial charge in [-0.1, -0.05) is 6.08 Å². The minimum absolute atomic E-state index is 0.0669. The van der Waals surface area contributed by atoms with Crippen molar-refractivity contribution in [2.75, 3.05) is 7.11 Å². The standard InChI is InChI=1S/C24H22O8/c1-6-11(2)15-9-18(30-5)13(4)21-23(15)31-22-16(10-25)17(26)8-14(12(3)7-19(27)28)20(22)24(29)32-21/h6-10,26H,1-5H3,(H,27,28). The smallest absolute Gasteiger partial charge is 0.348 e. The molecule has 0 aliphatic carbocycles. The zero-order valence-corrected chi connectivity index (χ0v) is 18.2. The van der Waals surface area contributed by atoms with Crippen LogP contribution in [0.1, 0.15) is 58.2 Å². The van der Waals surface area contributed by atoms with Gasteiger partial charge in [-0.3, -0.25) is 4.79 Å². The van der Waals surface area contributed by atoms with E-state index in [1.165, 1.54) is 14.0 Å². The van der Waals surface area contributed by atoms with Crippen LogP contribution in [0.5, 0.6) is 28.7 Å². The van der Waals surface area contributed by atoms with Gasteiger partial charge in [0.25, 0.3) is 0 Å². The Hall–Kier alpha value is -4.07. The van der Waals surface area contributed by atoms with Gasteiger partial charge in [-0.2, -0.15) is 0 Å². The number of phenols is 1. The zero-order valence-electron chi connectivity index (χ0n) is 18.2. The number of carbonyl (C=O) groups excluding carboxylic acids is 2. The molecule has 2 N–H and O–H groups in total. The molecule has 166 valence electrons. The number of ether oxygens (including phenoxy) is 3. The molecule has 0 saturated carbocycles. The predicted molar refractivity (Wildman–Crippen MR) is 117 cm³/mol. The molecule has 3 rings (SSSR count). The lowest BCUT2D eigenvalue weighted by Gasteiger charge is -2.18. The Morgan fingerprint density at radius 3 is 2.31 bits per heavy atom. The van der Waals surface area contributed by atoms with Crippen molar-refractivity contribution in [3.05, 3.63) is 52.1 Å². The highest BCUT2D eigenvalue weighted by Crippen LogP contribution is 2.50. The molecule has 0 unspecified atom stereocenters. The fourth-order valence-electron chi connectivity index (χ4n) is 3.50. The summed E-state index contributed by atoms with van der Waals surface area (Å²) in [5.41, 5.74) is 1.64. The molecule has 0 amide bonds. The molecule has 0 saturated heterocycles. The first-order chi connectivity index (χ1) is 15.1. The summed E-state index contributed by atoms with van der Waals surface area (Å²) in [5, 5.41) is 19.6. The highest BCUT2D eigenvalue weighted by molar-refractivity contribution is 6.06. The van der Waals surface area contributed by atoms with Gasteiger partial charge in [0, 0.05) is 17.2 Å². The van der Waals surface area contributed by atoms with Crippen molar-refractivity contribution in [2.24, 2.45) is 0 Å². The van der Waals surface area contributed by atoms with Gasteiger partial charge in [0.15, 0.2) is 23.5 Å². The summed E-state index contributed by atoms with van der Waals surface area (Å²) in [6.07, 6.45) is 3.07. The minimum atomic E-state index is -1.24. The van der Waals surface area contributed by atoms with Crippen molar-refractivity contribution in [2.45, 2.75) is 27.7 Å². The molecule has 0 aromatic heterocycles. The zero-order chi connectivity index (χ0) is 23.7. The molecular weight excluding hydrogens is 416 g/mol. The molecule has 2 aromatic carbocycles. The van der Waals surface area contributed by atoms with E-state index in [9.17, 15) is 19.5 Å². The first-order valence-electron chi connectivity index (χ1n) is 9.66. The molecular formula is C24H22O8. The van der Waals surface area contributed by atoms with Crippen LogP contribution in [0.25, 0.3) is 11.1 Å². The molecule has 0 fully saturated rings. The number of carboxylic acid groups (broad SMARTS) is 1. The van der Waals surface area contributed by atoms with Crippen LogP contribution < -0.4 is 14.2 Å². The SMILES string of the molecule is CC=C(C)c1cc(OC)c(C)c2c1Oc1c(C=O)c(O)cc(C(C)=CC(=O)O)c1C(=O)O2. The number of phenolic OH excluding ortho intramolecular Hbond substituents is 1. The minimum Gasteiger partial charge on any atom is -0.507 e. The number of rotatable bonds is 5. The Morgan fingerprint density at radius 1 is 1.06 bits per heavy atom. The number of aromatic hydroxyl groups is 1. The monoisotopic (exact) mass is 438 g/mol. The lowest BCUT2D eigenvalue weighted by molar-refractivity contribution is -0.131. The summed E-state index contributed by atoms with van der Waals surface area (Å²) in [4.78, 5) is 36.2. The maximum Gasteiger partial charge on any atom is 0.348 e. The first-order valence-corrected chi connectivity index (χ1v) is 9.66. The topological polar surface area (TPSA) is 119 Å². The largest absolute Gasteiger partial charge is 0.507 e. The van der Waals surface area contributed by atoms with Crippen LogP contribution in [0.3, 0.4) is 0 Å². The normalized spacial score (nSPS) is 13.3. The summed E-state index contributed by atoms with van der Waals surface area (Å²) in [7, 11) is 1.48. The number of aliphatic carboxylic acids is 1. The number of allylic oxidation sites excluding steroid dienone is 3. The fraction of sp³-hybridized carbons (Fsp3) is 0.208. The Kier molecular flexibility index (Phi) is 6.06. The van der Waals surface area contributed by atoms with Gasteiger partial charge < -0.3 is 24.4 Å². The molecule has 2 aromatic rings. The van der Waals surface area contributed by atoms with Crippen molar-refractivity contribution in [1.29, 1.82) is 0 Å². The molecule has 32 heavy (non-hydrogen) atoms. The van der Waals surface area contributed by atoms with E-state index >= 15 is 0 Å². The number of esters is 1. The van der Waals surface area contributed by atoms with Crippen molar-refractivity contribution >= 4 is 29.4 Å². The Balaban J connectivity index is 2.44. The summed E-state index contributed by atoms with van der Waals surface area (Å²) >= 11 is 0. The van der Waals surface area contributed by atoms with Crippen molar-refractivity contribution in [3.8, 4) is 28.7 Å². The molecule has 8 heteroatoms. The molecule has 0 bridgehead atoms. The summed E-state index contributed by atoms with van der Waals surface area (Å²) in [6, 6.07) is 2.87. The molecule has 1 aliphatic rings. The highest BCUT2D eigenvalue weighted by Gasteiger charge is 2.34. The van der Waals surface area contributed by atoms with E-state index in [1.807, 2.05) is 19.9 Å². The summed E-state index contributed by atoms with van der Waals surface area (Å²) in [5.74, 6) is -2.05. The van der Waals surface area contributed by atoms with Gasteiger partial charge in [0.1, 0.15) is 17.1 Å². The van der Waals surface area contributed by atoms with E-state index in [0.29, 0.717) is 23.2 Å². The quantitative estimate of drug-likeness (QED) is 0.297. The third kappa shape index (κ3) is 3.71. The van der Waals surface area contributed by atoms with E-state index in [0.717, 1.165) is 17.7 Å². The number of fused-ring (bicyclic) bond motifs is 2. The number of carbonyl (C=O) groups is 3. The average Bonchev–Trinajstić information content (AvgIpc) is 2.89. The van der Waals surface area contributed by atoms with Crippen LogP contribution in [0.2, 0.25) is 0 Å². The van der Waals surface area contributed by atoms with Crippen molar-refractivity contribution in [1.82, 2.24) is 0 Å².